The quantitative estimate of drug-likeness (QED) is 0.464. The summed E-state index contributed by atoms with van der Waals surface area (Å²) in [6, 6.07) is 0. The van der Waals surface area contributed by atoms with Crippen molar-refractivity contribution in [2.24, 2.45) is 11.3 Å². The largest absolute Gasteiger partial charge is 0.446 e. The molecule has 2 fully saturated rings. The molecule has 104 valence electrons. The van der Waals surface area contributed by atoms with Crippen LogP contribution in [0.2, 0.25) is 0 Å². The first-order chi connectivity index (χ1) is 8.57. The fraction of sp³-hybridized carbons (Fsp3) is 0.929. The van der Waals surface area contributed by atoms with Crippen LogP contribution in [0, 0.1) is 11.3 Å². The lowest BCUT2D eigenvalue weighted by Crippen LogP contribution is -2.69. The maximum atomic E-state index is 12.0. The molecule has 2 rings (SSSR count). The van der Waals surface area contributed by atoms with Crippen LogP contribution in [0.1, 0.15) is 52.4 Å². The topological polar surface area (TPSA) is 38.3 Å². The molecule has 0 aromatic rings. The summed E-state index contributed by atoms with van der Waals surface area (Å²) >= 11 is 3.61. The third-order valence-electron chi connectivity index (χ3n) is 4.33. The first-order valence-corrected chi connectivity index (χ1v) is 8.07. The van der Waals surface area contributed by atoms with Gasteiger partial charge in [-0.25, -0.2) is 0 Å². The van der Waals surface area contributed by atoms with Crippen LogP contribution < -0.4 is 5.32 Å². The second-order valence-corrected chi connectivity index (χ2v) is 7.26. The Morgan fingerprint density at radius 3 is 2.72 bits per heavy atom. The Hall–Kier alpha value is -0.0900. The van der Waals surface area contributed by atoms with Crippen molar-refractivity contribution in [1.82, 2.24) is 5.32 Å². The molecule has 1 aliphatic heterocycles. The Morgan fingerprint density at radius 2 is 2.22 bits per heavy atom. The molecule has 1 heterocycles. The molecule has 1 saturated heterocycles. The molecule has 0 aromatic carbocycles. The zero-order chi connectivity index (χ0) is 13.2. The Bertz CT molecular complexity index is 302. The van der Waals surface area contributed by atoms with E-state index < -0.39 is 0 Å². The van der Waals surface area contributed by atoms with Gasteiger partial charge in [0, 0.05) is 16.8 Å². The highest BCUT2D eigenvalue weighted by molar-refractivity contribution is 9.09. The van der Waals surface area contributed by atoms with Crippen LogP contribution in [0.5, 0.6) is 0 Å². The zero-order valence-electron chi connectivity index (χ0n) is 11.4. The maximum Gasteiger partial charge on any atom is 0.310 e. The van der Waals surface area contributed by atoms with E-state index in [1.807, 2.05) is 6.92 Å². The number of hydrogen-bond acceptors (Lipinski definition) is 3. The van der Waals surface area contributed by atoms with Crippen molar-refractivity contribution in [3.63, 3.8) is 0 Å². The van der Waals surface area contributed by atoms with E-state index in [0.29, 0.717) is 4.83 Å². The first kappa shape index (κ1) is 14.3. The van der Waals surface area contributed by atoms with E-state index >= 15 is 0 Å². The van der Waals surface area contributed by atoms with Gasteiger partial charge in [-0.1, -0.05) is 49.0 Å². The molecule has 3 nitrogen and oxygen atoms in total. The van der Waals surface area contributed by atoms with Crippen LogP contribution in [0.15, 0.2) is 0 Å². The van der Waals surface area contributed by atoms with Gasteiger partial charge < -0.3 is 4.74 Å². The van der Waals surface area contributed by atoms with Crippen LogP contribution >= 0.6 is 15.9 Å². The molecule has 18 heavy (non-hydrogen) atoms. The van der Waals surface area contributed by atoms with E-state index in [4.69, 9.17) is 4.74 Å². The van der Waals surface area contributed by atoms with Crippen LogP contribution in [0.3, 0.4) is 0 Å². The van der Waals surface area contributed by atoms with E-state index in [-0.39, 0.29) is 23.5 Å². The van der Waals surface area contributed by atoms with Crippen molar-refractivity contribution < 1.29 is 9.53 Å². The highest BCUT2D eigenvalue weighted by Gasteiger charge is 2.56. The van der Waals surface area contributed by atoms with Crippen molar-refractivity contribution in [3.8, 4) is 0 Å². The van der Waals surface area contributed by atoms with Gasteiger partial charge in [0.2, 0.25) is 0 Å². The highest BCUT2D eigenvalue weighted by atomic mass is 79.9. The number of rotatable bonds is 6. The third kappa shape index (κ3) is 2.90. The summed E-state index contributed by atoms with van der Waals surface area (Å²) in [6.45, 7) is 5.16. The second kappa shape index (κ2) is 5.91. The number of nitrogens with one attached hydrogen (secondary N) is 1. The minimum absolute atomic E-state index is 0.0271. The molecular formula is C14H24BrNO2. The Morgan fingerprint density at radius 1 is 1.50 bits per heavy atom. The van der Waals surface area contributed by atoms with E-state index in [2.05, 4.69) is 28.2 Å². The van der Waals surface area contributed by atoms with Crippen LogP contribution in [0.4, 0.5) is 0 Å². The van der Waals surface area contributed by atoms with Gasteiger partial charge in [0.25, 0.3) is 0 Å². The van der Waals surface area contributed by atoms with Gasteiger partial charge in [0.15, 0.2) is 6.23 Å². The Balaban J connectivity index is 1.71. The number of alkyl halides is 1. The second-order valence-electron chi connectivity index (χ2n) is 5.96. The fourth-order valence-corrected chi connectivity index (χ4v) is 4.16. The molecule has 1 saturated carbocycles. The van der Waals surface area contributed by atoms with Gasteiger partial charge >= 0.3 is 5.97 Å². The molecule has 0 bridgehead atoms. The van der Waals surface area contributed by atoms with Gasteiger partial charge in [-0.2, -0.15) is 0 Å². The predicted octanol–water partition coefficient (Wildman–Crippen LogP) is 3.22. The van der Waals surface area contributed by atoms with Gasteiger partial charge in [0.05, 0.1) is 5.92 Å². The van der Waals surface area contributed by atoms with E-state index in [9.17, 15) is 4.79 Å². The van der Waals surface area contributed by atoms with Crippen molar-refractivity contribution >= 4 is 21.9 Å². The molecule has 2 unspecified atom stereocenters. The molecule has 4 heteroatoms. The number of halogens is 1. The molecule has 1 spiro atoms. The zero-order valence-corrected chi connectivity index (χ0v) is 13.0. The minimum Gasteiger partial charge on any atom is -0.446 e. The fourth-order valence-electron chi connectivity index (χ4n) is 2.87. The Kier molecular flexibility index (Phi) is 4.70. The molecule has 0 amide bonds. The average Bonchev–Trinajstić information content (AvgIpc) is 2.30. The standard InChI is InChI=1S/C14H24BrNO2/c1-3-4-5-6-10(2)12(17)18-13-14(9-16-13)7-11(15)8-14/h10-11,13,16H,3-9H2,1-2H3. The van der Waals surface area contributed by atoms with Crippen molar-refractivity contribution in [2.75, 3.05) is 6.54 Å². The number of ether oxygens (including phenoxy) is 1. The molecule has 2 atom stereocenters. The van der Waals surface area contributed by atoms with E-state index in [1.54, 1.807) is 0 Å². The van der Waals surface area contributed by atoms with Crippen LogP contribution in [0.25, 0.3) is 0 Å². The normalized spacial score (nSPS) is 35.7. The van der Waals surface area contributed by atoms with Gasteiger partial charge in [-0.05, 0) is 19.3 Å². The molecule has 1 N–H and O–H groups in total. The smallest absolute Gasteiger partial charge is 0.310 e. The lowest BCUT2D eigenvalue weighted by atomic mass is 9.63. The summed E-state index contributed by atoms with van der Waals surface area (Å²) in [6.07, 6.45) is 6.69. The van der Waals surface area contributed by atoms with Gasteiger partial charge in [-0.3, -0.25) is 10.1 Å². The number of carbonyl (C=O) groups excluding carboxylic acids is 1. The first-order valence-electron chi connectivity index (χ1n) is 7.15. The molecule has 0 radical (unpaired) electrons. The molecule has 1 aliphatic carbocycles. The monoisotopic (exact) mass is 317 g/mol. The molecular weight excluding hydrogens is 294 g/mol. The maximum absolute atomic E-state index is 12.0. The number of unbranched alkanes of at least 4 members (excludes halogenated alkanes) is 2. The lowest BCUT2D eigenvalue weighted by molar-refractivity contribution is -0.187. The van der Waals surface area contributed by atoms with Crippen LogP contribution in [-0.2, 0) is 9.53 Å². The minimum atomic E-state index is -0.0348. The van der Waals surface area contributed by atoms with Crippen molar-refractivity contribution in [2.45, 2.75) is 63.4 Å². The number of hydrogen-bond donors (Lipinski definition) is 1. The van der Waals surface area contributed by atoms with Crippen LogP contribution in [-0.4, -0.2) is 23.6 Å². The average molecular weight is 318 g/mol. The summed E-state index contributed by atoms with van der Waals surface area (Å²) in [5.74, 6) is 0.0107. The highest BCUT2D eigenvalue weighted by Crippen LogP contribution is 2.51. The van der Waals surface area contributed by atoms with Crippen molar-refractivity contribution in [3.05, 3.63) is 0 Å². The molecule has 2 aliphatic rings. The van der Waals surface area contributed by atoms with E-state index in [0.717, 1.165) is 32.2 Å². The summed E-state index contributed by atoms with van der Waals surface area (Å²) in [7, 11) is 0. The van der Waals surface area contributed by atoms with Crippen molar-refractivity contribution in [1.29, 1.82) is 0 Å². The summed E-state index contributed by atoms with van der Waals surface area (Å²) in [4.78, 5) is 12.6. The summed E-state index contributed by atoms with van der Waals surface area (Å²) < 4.78 is 5.61. The summed E-state index contributed by atoms with van der Waals surface area (Å²) in [5.41, 5.74) is 0.243. The SMILES string of the molecule is CCCCCC(C)C(=O)OC1NCC12CC(Br)C2. The summed E-state index contributed by atoms with van der Waals surface area (Å²) in [5, 5.41) is 3.25. The van der Waals surface area contributed by atoms with Gasteiger partial charge in [-0.15, -0.1) is 0 Å². The van der Waals surface area contributed by atoms with Gasteiger partial charge in [0.1, 0.15) is 0 Å². The van der Waals surface area contributed by atoms with E-state index in [1.165, 1.54) is 12.8 Å². The number of esters is 1. The third-order valence-corrected chi connectivity index (χ3v) is 4.98. The molecule has 0 aromatic heterocycles. The number of carbonyl (C=O) groups is 1. The lowest BCUT2D eigenvalue weighted by Gasteiger charge is -2.57. The Labute approximate surface area is 118 Å². The predicted molar refractivity (Wildman–Crippen MR) is 75.6 cm³/mol.